The van der Waals surface area contributed by atoms with Gasteiger partial charge in [-0.05, 0) is 38.5 Å². The molecule has 1 aromatic carbocycles. The summed E-state index contributed by atoms with van der Waals surface area (Å²) >= 11 is 0. The summed E-state index contributed by atoms with van der Waals surface area (Å²) < 4.78 is 1.44. The third-order valence-corrected chi connectivity index (χ3v) is 3.26. The molecule has 1 aromatic heterocycles. The molecular formula is C14H19N8+. The van der Waals surface area contributed by atoms with Gasteiger partial charge in [-0.1, -0.05) is 12.1 Å². The molecule has 0 aliphatic rings. The Kier molecular flexibility index (Phi) is 5.11. The number of hydrogen-bond donors (Lipinski definition) is 1. The average Bonchev–Trinajstić information content (AvgIpc) is 2.88. The Morgan fingerprint density at radius 2 is 1.91 bits per heavy atom. The van der Waals surface area contributed by atoms with Crippen LogP contribution < -0.4 is 9.81 Å². The van der Waals surface area contributed by atoms with Gasteiger partial charge in [-0.3, -0.25) is 0 Å². The van der Waals surface area contributed by atoms with Gasteiger partial charge in [0.1, 0.15) is 5.53 Å². The Morgan fingerprint density at radius 1 is 1.23 bits per heavy atom. The SMILES string of the molecule is CCN(CC)c1ccc(/C=N/n2c(C)nnc2N=[N+]=N)cc1. The molecule has 0 unspecified atom stereocenters. The van der Waals surface area contributed by atoms with Crippen molar-refractivity contribution >= 4 is 17.9 Å². The van der Waals surface area contributed by atoms with E-state index in [9.17, 15) is 0 Å². The van der Waals surface area contributed by atoms with Gasteiger partial charge >= 0.3 is 5.95 Å². The highest BCUT2D eigenvalue weighted by Crippen LogP contribution is 2.14. The summed E-state index contributed by atoms with van der Waals surface area (Å²) in [5.41, 5.74) is 8.91. The summed E-state index contributed by atoms with van der Waals surface area (Å²) in [5.74, 6) is 0.766. The third kappa shape index (κ3) is 3.42. The molecule has 0 atom stereocenters. The monoisotopic (exact) mass is 299 g/mol. The largest absolute Gasteiger partial charge is 0.372 e. The van der Waals surface area contributed by atoms with E-state index in [1.807, 2.05) is 12.1 Å². The lowest BCUT2D eigenvalue weighted by molar-refractivity contribution is 0.812. The fourth-order valence-electron chi connectivity index (χ4n) is 2.07. The van der Waals surface area contributed by atoms with Crippen LogP contribution in [0.3, 0.4) is 0 Å². The minimum Gasteiger partial charge on any atom is -0.372 e. The first-order chi connectivity index (χ1) is 10.7. The predicted molar refractivity (Wildman–Crippen MR) is 84.7 cm³/mol. The van der Waals surface area contributed by atoms with Gasteiger partial charge in [0.05, 0.1) is 6.21 Å². The highest BCUT2D eigenvalue weighted by Gasteiger charge is 2.10. The van der Waals surface area contributed by atoms with Crippen LogP contribution in [-0.4, -0.2) is 34.2 Å². The quantitative estimate of drug-likeness (QED) is 0.504. The zero-order chi connectivity index (χ0) is 15.9. The zero-order valence-corrected chi connectivity index (χ0v) is 12.9. The standard InChI is InChI=1S/C14H19N8/c1-4-21(5-2)13-8-6-12(7-9-13)10-16-22-11(3)17-18-14(22)19-20-15/h6-10,15H,4-5H2,1-3H3/q+1/b16-10+. The van der Waals surface area contributed by atoms with Crippen LogP contribution in [0.2, 0.25) is 0 Å². The molecule has 114 valence electrons. The smallest absolute Gasteiger partial charge is 0.358 e. The molecule has 0 spiro atoms. The second kappa shape index (κ2) is 7.24. The normalized spacial score (nSPS) is 10.7. The fraction of sp³-hybridized carbons (Fsp3) is 0.357. The molecule has 0 aliphatic carbocycles. The zero-order valence-electron chi connectivity index (χ0n) is 12.9. The summed E-state index contributed by atoms with van der Waals surface area (Å²) in [6, 6.07) is 8.14. The molecule has 0 saturated carbocycles. The van der Waals surface area contributed by atoms with Crippen LogP contribution in [0.15, 0.2) is 34.5 Å². The average molecular weight is 299 g/mol. The summed E-state index contributed by atoms with van der Waals surface area (Å²) in [6.07, 6.45) is 1.70. The molecule has 0 aliphatic heterocycles. The van der Waals surface area contributed by atoms with E-state index in [0.717, 1.165) is 18.7 Å². The third-order valence-electron chi connectivity index (χ3n) is 3.26. The number of aryl methyl sites for hydroxylation is 1. The van der Waals surface area contributed by atoms with Gasteiger partial charge in [0.2, 0.25) is 10.0 Å². The number of aromatic nitrogens is 3. The van der Waals surface area contributed by atoms with E-state index in [1.54, 1.807) is 13.1 Å². The van der Waals surface area contributed by atoms with Crippen LogP contribution in [0, 0.1) is 12.5 Å². The molecule has 0 bridgehead atoms. The molecule has 8 heteroatoms. The summed E-state index contributed by atoms with van der Waals surface area (Å²) in [6.45, 7) is 7.99. The van der Waals surface area contributed by atoms with Crippen LogP contribution >= 0.6 is 0 Å². The van der Waals surface area contributed by atoms with E-state index >= 15 is 0 Å². The number of nitrogens with one attached hydrogen (secondary N) is 1. The summed E-state index contributed by atoms with van der Waals surface area (Å²) in [7, 11) is 0. The summed E-state index contributed by atoms with van der Waals surface area (Å²) in [5, 5.41) is 15.5. The molecule has 0 amide bonds. The minimum absolute atomic E-state index is 0.184. The molecule has 2 rings (SSSR count). The Morgan fingerprint density at radius 3 is 2.50 bits per heavy atom. The molecule has 0 radical (unpaired) electrons. The van der Waals surface area contributed by atoms with Crippen molar-refractivity contribution in [2.75, 3.05) is 18.0 Å². The van der Waals surface area contributed by atoms with Gasteiger partial charge in [0, 0.05) is 18.8 Å². The van der Waals surface area contributed by atoms with E-state index in [4.69, 9.17) is 5.53 Å². The number of nitrogens with zero attached hydrogens (tertiary/aromatic N) is 7. The van der Waals surface area contributed by atoms with Crippen molar-refractivity contribution in [3.8, 4) is 0 Å². The van der Waals surface area contributed by atoms with Crippen molar-refractivity contribution in [2.45, 2.75) is 20.8 Å². The number of benzene rings is 1. The second-order valence-electron chi connectivity index (χ2n) is 4.57. The molecule has 1 N–H and O–H groups in total. The highest BCUT2D eigenvalue weighted by atomic mass is 15.5. The van der Waals surface area contributed by atoms with Gasteiger partial charge in [-0.25, -0.2) is 0 Å². The van der Waals surface area contributed by atoms with E-state index in [1.165, 1.54) is 10.4 Å². The molecule has 0 saturated heterocycles. The lowest BCUT2D eigenvalue weighted by Gasteiger charge is -2.20. The van der Waals surface area contributed by atoms with Crippen LogP contribution in [0.25, 0.3) is 0 Å². The molecular weight excluding hydrogens is 280 g/mol. The topological polar surface area (TPSA) is 96.6 Å². The Labute approximate surface area is 128 Å². The van der Waals surface area contributed by atoms with E-state index in [-0.39, 0.29) is 5.95 Å². The van der Waals surface area contributed by atoms with Crippen molar-refractivity contribution < 1.29 is 0 Å². The predicted octanol–water partition coefficient (Wildman–Crippen LogP) is 2.50. The van der Waals surface area contributed by atoms with E-state index < -0.39 is 0 Å². The number of rotatable bonds is 6. The Bertz CT molecular complexity index is 690. The van der Waals surface area contributed by atoms with Gasteiger partial charge in [0.25, 0.3) is 0 Å². The highest BCUT2D eigenvalue weighted by molar-refractivity contribution is 5.80. The van der Waals surface area contributed by atoms with E-state index in [0.29, 0.717) is 5.82 Å². The molecule has 0 fully saturated rings. The first kappa shape index (κ1) is 15.5. The van der Waals surface area contributed by atoms with Crippen LogP contribution in [0.4, 0.5) is 11.6 Å². The molecule has 2 aromatic rings. The van der Waals surface area contributed by atoms with Gasteiger partial charge in [0.15, 0.2) is 5.82 Å². The lowest BCUT2D eigenvalue weighted by atomic mass is 10.2. The van der Waals surface area contributed by atoms with Crippen molar-refractivity contribution in [2.24, 2.45) is 10.2 Å². The van der Waals surface area contributed by atoms with Gasteiger partial charge < -0.3 is 4.90 Å². The van der Waals surface area contributed by atoms with Gasteiger partial charge in [-0.15, -0.1) is 10.2 Å². The first-order valence-corrected chi connectivity index (χ1v) is 7.08. The van der Waals surface area contributed by atoms with Crippen LogP contribution in [0.1, 0.15) is 25.2 Å². The number of anilines is 1. The maximum atomic E-state index is 6.76. The Balaban J connectivity index is 2.20. The first-order valence-electron chi connectivity index (χ1n) is 7.08. The number of hydrogen-bond acceptors (Lipinski definition) is 6. The molecule has 1 heterocycles. The molecule has 22 heavy (non-hydrogen) atoms. The van der Waals surface area contributed by atoms with Crippen molar-refractivity contribution in [3.05, 3.63) is 35.7 Å². The second-order valence-corrected chi connectivity index (χ2v) is 4.57. The van der Waals surface area contributed by atoms with Crippen molar-refractivity contribution in [1.29, 1.82) is 5.53 Å². The van der Waals surface area contributed by atoms with Crippen molar-refractivity contribution in [3.63, 3.8) is 0 Å². The van der Waals surface area contributed by atoms with Gasteiger partial charge in [-0.2, -0.15) is 9.78 Å². The van der Waals surface area contributed by atoms with Crippen LogP contribution in [-0.2, 0) is 0 Å². The summed E-state index contributed by atoms with van der Waals surface area (Å²) in [4.78, 5) is 5.23. The van der Waals surface area contributed by atoms with E-state index in [2.05, 4.69) is 56.2 Å². The Hall–Kier alpha value is -2.86. The van der Waals surface area contributed by atoms with Crippen LogP contribution in [0.5, 0.6) is 0 Å². The fourth-order valence-corrected chi connectivity index (χ4v) is 2.07. The maximum absolute atomic E-state index is 6.76. The minimum atomic E-state index is 0.184. The lowest BCUT2D eigenvalue weighted by Crippen LogP contribution is -2.21. The van der Waals surface area contributed by atoms with Crippen molar-refractivity contribution in [1.82, 2.24) is 19.8 Å². The molecule has 8 nitrogen and oxygen atoms in total. The maximum Gasteiger partial charge on any atom is 0.358 e.